The molecule has 1 aliphatic heterocycles. The molecule has 5 heteroatoms. The lowest BCUT2D eigenvalue weighted by molar-refractivity contribution is 0.331. The second-order valence-electron chi connectivity index (χ2n) is 6.31. The number of hydrogen-bond donors (Lipinski definition) is 2. The van der Waals surface area contributed by atoms with E-state index < -0.39 is 0 Å². The van der Waals surface area contributed by atoms with Crippen LogP contribution in [0.5, 0.6) is 0 Å². The van der Waals surface area contributed by atoms with Gasteiger partial charge in [0, 0.05) is 12.2 Å². The summed E-state index contributed by atoms with van der Waals surface area (Å²) in [5, 5.41) is 3.33. The minimum Gasteiger partial charge on any atom is -0.370 e. The zero-order chi connectivity index (χ0) is 16.5. The van der Waals surface area contributed by atoms with Gasteiger partial charge in [-0.3, -0.25) is 4.99 Å². The summed E-state index contributed by atoms with van der Waals surface area (Å²) < 4.78 is 0. The molecule has 0 saturated carbocycles. The van der Waals surface area contributed by atoms with E-state index in [4.69, 9.17) is 5.73 Å². The first-order valence-corrected chi connectivity index (χ1v) is 9.14. The normalized spacial score (nSPS) is 15.3. The number of para-hydroxylation sites is 1. The fourth-order valence-corrected chi connectivity index (χ4v) is 3.22. The molecule has 1 aromatic rings. The van der Waals surface area contributed by atoms with E-state index in [0.29, 0.717) is 5.96 Å². The third kappa shape index (κ3) is 6.59. The Balaban J connectivity index is 0.00000288. The number of nitrogens with one attached hydrogen (secondary N) is 1. The monoisotopic (exact) mass is 444 g/mol. The largest absolute Gasteiger partial charge is 0.370 e. The molecular weight excluding hydrogens is 411 g/mol. The van der Waals surface area contributed by atoms with Crippen LogP contribution in [0.4, 0.5) is 5.69 Å². The van der Waals surface area contributed by atoms with Crippen LogP contribution in [-0.2, 0) is 12.8 Å². The first-order valence-electron chi connectivity index (χ1n) is 9.14. The molecule has 4 nitrogen and oxygen atoms in total. The van der Waals surface area contributed by atoms with Gasteiger partial charge < -0.3 is 16.0 Å². The summed E-state index contributed by atoms with van der Waals surface area (Å²) in [4.78, 5) is 7.05. The van der Waals surface area contributed by atoms with Gasteiger partial charge in [-0.15, -0.1) is 24.0 Å². The molecule has 2 rings (SSSR count). The van der Waals surface area contributed by atoms with Gasteiger partial charge in [-0.05, 0) is 69.3 Å². The van der Waals surface area contributed by atoms with E-state index in [1.54, 1.807) is 0 Å². The van der Waals surface area contributed by atoms with E-state index in [1.807, 2.05) is 0 Å². The van der Waals surface area contributed by atoms with Gasteiger partial charge in [0.1, 0.15) is 0 Å². The highest BCUT2D eigenvalue weighted by atomic mass is 127. The van der Waals surface area contributed by atoms with Gasteiger partial charge in [0.2, 0.25) is 0 Å². The van der Waals surface area contributed by atoms with Crippen LogP contribution in [0, 0.1) is 0 Å². The number of halogens is 1. The number of nitrogens with two attached hydrogens (primary N) is 1. The highest BCUT2D eigenvalue weighted by Gasteiger charge is 2.10. The second kappa shape index (κ2) is 11.7. The van der Waals surface area contributed by atoms with Crippen molar-refractivity contribution in [1.82, 2.24) is 4.90 Å². The summed E-state index contributed by atoms with van der Waals surface area (Å²) in [7, 11) is 0. The Morgan fingerprint density at radius 3 is 2.33 bits per heavy atom. The fraction of sp³-hybridized carbons (Fsp3) is 0.632. The van der Waals surface area contributed by atoms with Gasteiger partial charge in [-0.1, -0.05) is 32.0 Å². The zero-order valence-electron chi connectivity index (χ0n) is 15.2. The van der Waals surface area contributed by atoms with Gasteiger partial charge in [0.05, 0.1) is 0 Å². The van der Waals surface area contributed by atoms with Crippen LogP contribution in [-0.4, -0.2) is 37.0 Å². The number of unbranched alkanes of at least 4 members (excludes halogenated alkanes) is 1. The molecule has 3 N–H and O–H groups in total. The van der Waals surface area contributed by atoms with Crippen molar-refractivity contribution >= 4 is 35.6 Å². The number of aliphatic imine (C=N–C) groups is 1. The summed E-state index contributed by atoms with van der Waals surface area (Å²) in [5.41, 5.74) is 9.84. The maximum absolute atomic E-state index is 6.09. The molecule has 0 aromatic heterocycles. The number of hydrogen-bond acceptors (Lipinski definition) is 2. The van der Waals surface area contributed by atoms with Crippen molar-refractivity contribution in [3.05, 3.63) is 29.3 Å². The van der Waals surface area contributed by atoms with Crippen molar-refractivity contribution < 1.29 is 0 Å². The molecule has 1 fully saturated rings. The SMILES string of the molecule is CCc1cccc(CC)c1NC(N)=NCCCCN1CCCC1.I. The first kappa shape index (κ1) is 21.2. The number of likely N-dealkylation sites (tertiary alicyclic amines) is 1. The standard InChI is InChI=1S/C19H32N4.HI/c1-3-16-10-9-11-17(4-2)18(16)22-19(20)21-12-5-6-13-23-14-7-8-15-23;/h9-11H,3-8,12-15H2,1-2H3,(H3,20,21,22);1H. The van der Waals surface area contributed by atoms with Crippen LogP contribution in [0.3, 0.4) is 0 Å². The Morgan fingerprint density at radius 2 is 1.75 bits per heavy atom. The van der Waals surface area contributed by atoms with Crippen LogP contribution in [0.1, 0.15) is 50.7 Å². The summed E-state index contributed by atoms with van der Waals surface area (Å²) in [5.74, 6) is 0.543. The highest BCUT2D eigenvalue weighted by molar-refractivity contribution is 14.0. The maximum Gasteiger partial charge on any atom is 0.193 e. The average Bonchev–Trinajstić information content (AvgIpc) is 3.08. The number of anilines is 1. The van der Waals surface area contributed by atoms with Crippen molar-refractivity contribution in [2.45, 2.75) is 52.4 Å². The molecule has 136 valence electrons. The van der Waals surface area contributed by atoms with Crippen molar-refractivity contribution in [1.29, 1.82) is 0 Å². The lowest BCUT2D eigenvalue weighted by Gasteiger charge is -2.15. The zero-order valence-corrected chi connectivity index (χ0v) is 17.5. The van der Waals surface area contributed by atoms with Gasteiger partial charge in [-0.2, -0.15) is 0 Å². The predicted molar refractivity (Wildman–Crippen MR) is 116 cm³/mol. The number of nitrogens with zero attached hydrogens (tertiary/aromatic N) is 2. The smallest absolute Gasteiger partial charge is 0.193 e. The molecule has 24 heavy (non-hydrogen) atoms. The minimum atomic E-state index is 0. The highest BCUT2D eigenvalue weighted by Crippen LogP contribution is 2.22. The Labute approximate surface area is 164 Å². The fourth-order valence-electron chi connectivity index (χ4n) is 3.22. The Kier molecular flexibility index (Phi) is 10.3. The van der Waals surface area contributed by atoms with E-state index in [0.717, 1.165) is 31.5 Å². The average molecular weight is 444 g/mol. The molecule has 0 amide bonds. The van der Waals surface area contributed by atoms with Crippen LogP contribution >= 0.6 is 24.0 Å². The molecule has 1 aromatic carbocycles. The van der Waals surface area contributed by atoms with Gasteiger partial charge >= 0.3 is 0 Å². The molecule has 0 bridgehead atoms. The van der Waals surface area contributed by atoms with E-state index in [-0.39, 0.29) is 24.0 Å². The molecule has 0 spiro atoms. The van der Waals surface area contributed by atoms with E-state index in [1.165, 1.54) is 50.0 Å². The van der Waals surface area contributed by atoms with Crippen LogP contribution < -0.4 is 11.1 Å². The second-order valence-corrected chi connectivity index (χ2v) is 6.31. The first-order chi connectivity index (χ1) is 11.2. The summed E-state index contributed by atoms with van der Waals surface area (Å²) in [6, 6.07) is 6.43. The van der Waals surface area contributed by atoms with Crippen molar-refractivity contribution in [3.8, 4) is 0 Å². The summed E-state index contributed by atoms with van der Waals surface area (Å²) in [6.45, 7) is 8.92. The molecule has 0 radical (unpaired) electrons. The Morgan fingerprint density at radius 1 is 1.12 bits per heavy atom. The quantitative estimate of drug-likeness (QED) is 0.276. The minimum absolute atomic E-state index is 0. The van der Waals surface area contributed by atoms with Crippen molar-refractivity contribution in [2.75, 3.05) is 31.5 Å². The molecular formula is C19H33IN4. The predicted octanol–water partition coefficient (Wildman–Crippen LogP) is 4.03. The number of aryl methyl sites for hydroxylation is 2. The number of guanidine groups is 1. The number of benzene rings is 1. The maximum atomic E-state index is 6.09. The van der Waals surface area contributed by atoms with E-state index in [2.05, 4.69) is 47.3 Å². The van der Waals surface area contributed by atoms with E-state index >= 15 is 0 Å². The lowest BCUT2D eigenvalue weighted by atomic mass is 10.0. The third-order valence-corrected chi connectivity index (χ3v) is 4.62. The van der Waals surface area contributed by atoms with Crippen molar-refractivity contribution in [3.63, 3.8) is 0 Å². The molecule has 0 unspecified atom stereocenters. The molecule has 0 aliphatic carbocycles. The van der Waals surface area contributed by atoms with Crippen LogP contribution in [0.25, 0.3) is 0 Å². The lowest BCUT2D eigenvalue weighted by Crippen LogP contribution is -2.24. The molecule has 1 saturated heterocycles. The van der Waals surface area contributed by atoms with E-state index in [9.17, 15) is 0 Å². The topological polar surface area (TPSA) is 53.6 Å². The van der Waals surface area contributed by atoms with Gasteiger partial charge in [0.25, 0.3) is 0 Å². The van der Waals surface area contributed by atoms with Crippen LogP contribution in [0.2, 0.25) is 0 Å². The van der Waals surface area contributed by atoms with Crippen LogP contribution in [0.15, 0.2) is 23.2 Å². The number of rotatable bonds is 8. The Bertz CT molecular complexity index is 488. The van der Waals surface area contributed by atoms with Gasteiger partial charge in [0.15, 0.2) is 5.96 Å². The summed E-state index contributed by atoms with van der Waals surface area (Å²) >= 11 is 0. The molecule has 1 heterocycles. The summed E-state index contributed by atoms with van der Waals surface area (Å²) in [6.07, 6.45) is 7.05. The third-order valence-electron chi connectivity index (χ3n) is 4.62. The Hall–Kier alpha value is -0.820. The van der Waals surface area contributed by atoms with Gasteiger partial charge in [-0.25, -0.2) is 0 Å². The molecule has 1 aliphatic rings. The molecule has 0 atom stereocenters. The van der Waals surface area contributed by atoms with Crippen molar-refractivity contribution in [2.24, 2.45) is 10.7 Å².